The van der Waals surface area contributed by atoms with Crippen molar-refractivity contribution in [3.05, 3.63) is 66.6 Å². The second kappa shape index (κ2) is 6.83. The normalized spacial score (nSPS) is 12.6. The highest BCUT2D eigenvalue weighted by atomic mass is 19.1. The van der Waals surface area contributed by atoms with E-state index >= 15 is 0 Å². The molecule has 3 heterocycles. The number of aromatic nitrogens is 5. The Hall–Kier alpha value is -3.22. The first-order chi connectivity index (χ1) is 13.0. The molecule has 0 aliphatic rings. The van der Waals surface area contributed by atoms with E-state index in [0.29, 0.717) is 5.92 Å². The molecule has 0 amide bonds. The fourth-order valence-corrected chi connectivity index (χ4v) is 3.15. The van der Waals surface area contributed by atoms with Crippen LogP contribution in [0.25, 0.3) is 16.9 Å². The van der Waals surface area contributed by atoms with E-state index < -0.39 is 0 Å². The molecular formula is C20H21FN6. The Bertz CT molecular complexity index is 1060. The Labute approximate surface area is 156 Å². The number of nitrogens with zero attached hydrogens (tertiary/aromatic N) is 5. The van der Waals surface area contributed by atoms with E-state index in [4.69, 9.17) is 0 Å². The smallest absolute Gasteiger partial charge is 0.157 e. The first kappa shape index (κ1) is 17.2. The Morgan fingerprint density at radius 1 is 1.07 bits per heavy atom. The van der Waals surface area contributed by atoms with Gasteiger partial charge in [0.15, 0.2) is 5.65 Å². The quantitative estimate of drug-likeness (QED) is 0.580. The molecule has 0 saturated heterocycles. The second-order valence-electron chi connectivity index (χ2n) is 6.90. The van der Waals surface area contributed by atoms with E-state index in [9.17, 15) is 4.39 Å². The van der Waals surface area contributed by atoms with Gasteiger partial charge in [-0.05, 0) is 30.2 Å². The highest BCUT2D eigenvalue weighted by Gasteiger charge is 2.21. The van der Waals surface area contributed by atoms with Crippen molar-refractivity contribution in [3.63, 3.8) is 0 Å². The molecular weight excluding hydrogens is 343 g/mol. The van der Waals surface area contributed by atoms with Gasteiger partial charge in [-0.25, -0.2) is 14.4 Å². The zero-order valence-corrected chi connectivity index (χ0v) is 15.5. The minimum Gasteiger partial charge on any atom is -0.360 e. The Morgan fingerprint density at radius 2 is 1.85 bits per heavy atom. The Kier molecular flexibility index (Phi) is 4.35. The zero-order chi connectivity index (χ0) is 19.0. The maximum absolute atomic E-state index is 13.3. The largest absolute Gasteiger partial charge is 0.360 e. The first-order valence-corrected chi connectivity index (χ1v) is 8.87. The van der Waals surface area contributed by atoms with Crippen LogP contribution in [0.4, 0.5) is 10.2 Å². The van der Waals surface area contributed by atoms with Crippen molar-refractivity contribution in [2.75, 3.05) is 5.32 Å². The van der Waals surface area contributed by atoms with E-state index in [0.717, 1.165) is 28.5 Å². The predicted octanol–water partition coefficient (Wildman–Crippen LogP) is 4.08. The average molecular weight is 364 g/mol. The standard InChI is InChI=1S/C20H21FN6/c1-13(2)19(20-22-10-11-26(20)3)25-18-12-16(14-4-6-15(21)7-5-14)24-17-8-9-23-27(17)18/h4-13,19,25H,1-3H3/t19-/m1/s1. The minimum absolute atomic E-state index is 0.000804. The van der Waals surface area contributed by atoms with Crippen LogP contribution in [-0.4, -0.2) is 24.1 Å². The Balaban J connectivity index is 1.79. The highest BCUT2D eigenvalue weighted by Crippen LogP contribution is 2.28. The summed E-state index contributed by atoms with van der Waals surface area (Å²) < 4.78 is 17.1. The molecule has 4 aromatic rings. The zero-order valence-electron chi connectivity index (χ0n) is 15.5. The molecule has 0 unspecified atom stereocenters. The second-order valence-corrected chi connectivity index (χ2v) is 6.90. The SMILES string of the molecule is CC(C)[C@@H](Nc1cc(-c2ccc(F)cc2)nc2ccnn12)c1nccn1C. The number of hydrogen-bond acceptors (Lipinski definition) is 4. The third kappa shape index (κ3) is 3.28. The van der Waals surface area contributed by atoms with Gasteiger partial charge >= 0.3 is 0 Å². The van der Waals surface area contributed by atoms with Gasteiger partial charge in [-0.15, -0.1) is 0 Å². The van der Waals surface area contributed by atoms with Gasteiger partial charge in [0.25, 0.3) is 0 Å². The molecule has 27 heavy (non-hydrogen) atoms. The predicted molar refractivity (Wildman–Crippen MR) is 103 cm³/mol. The summed E-state index contributed by atoms with van der Waals surface area (Å²) in [4.78, 5) is 9.15. The van der Waals surface area contributed by atoms with Crippen molar-refractivity contribution in [1.29, 1.82) is 0 Å². The maximum atomic E-state index is 13.3. The van der Waals surface area contributed by atoms with Crippen molar-refractivity contribution >= 4 is 11.5 Å². The van der Waals surface area contributed by atoms with Crippen LogP contribution in [0.5, 0.6) is 0 Å². The Morgan fingerprint density at radius 3 is 2.52 bits per heavy atom. The number of halogens is 1. The van der Waals surface area contributed by atoms with Gasteiger partial charge in [0, 0.05) is 37.1 Å². The molecule has 1 atom stereocenters. The molecule has 0 bridgehead atoms. The summed E-state index contributed by atoms with van der Waals surface area (Å²) in [7, 11) is 1.99. The first-order valence-electron chi connectivity index (χ1n) is 8.87. The average Bonchev–Trinajstić information content (AvgIpc) is 3.28. The van der Waals surface area contributed by atoms with Crippen molar-refractivity contribution < 1.29 is 4.39 Å². The molecule has 6 nitrogen and oxygen atoms in total. The minimum atomic E-state index is -0.266. The van der Waals surface area contributed by atoms with Crippen molar-refractivity contribution in [1.82, 2.24) is 24.1 Å². The lowest BCUT2D eigenvalue weighted by Crippen LogP contribution is -2.22. The van der Waals surface area contributed by atoms with Gasteiger partial charge in [-0.2, -0.15) is 9.61 Å². The topological polar surface area (TPSA) is 60.0 Å². The fraction of sp³-hybridized carbons (Fsp3) is 0.250. The van der Waals surface area contributed by atoms with Crippen molar-refractivity contribution in [2.24, 2.45) is 13.0 Å². The molecule has 138 valence electrons. The molecule has 0 fully saturated rings. The summed E-state index contributed by atoms with van der Waals surface area (Å²) in [6, 6.07) is 10.1. The lowest BCUT2D eigenvalue weighted by molar-refractivity contribution is 0.505. The highest BCUT2D eigenvalue weighted by molar-refractivity contribution is 5.66. The number of fused-ring (bicyclic) bond motifs is 1. The third-order valence-corrected chi connectivity index (χ3v) is 4.61. The van der Waals surface area contributed by atoms with E-state index in [2.05, 4.69) is 34.2 Å². The van der Waals surface area contributed by atoms with Gasteiger partial charge in [0.2, 0.25) is 0 Å². The number of benzene rings is 1. The molecule has 1 N–H and O–H groups in total. The number of rotatable bonds is 5. The molecule has 0 saturated carbocycles. The van der Waals surface area contributed by atoms with Crippen LogP contribution < -0.4 is 5.32 Å². The number of nitrogens with one attached hydrogen (secondary N) is 1. The lowest BCUT2D eigenvalue weighted by Gasteiger charge is -2.23. The molecule has 0 radical (unpaired) electrons. The number of anilines is 1. The number of hydrogen-bond donors (Lipinski definition) is 1. The van der Waals surface area contributed by atoms with Crippen LogP contribution in [0.3, 0.4) is 0 Å². The van der Waals surface area contributed by atoms with Crippen LogP contribution >= 0.6 is 0 Å². The summed E-state index contributed by atoms with van der Waals surface area (Å²) in [5.41, 5.74) is 2.33. The lowest BCUT2D eigenvalue weighted by atomic mass is 10.0. The number of aryl methyl sites for hydroxylation is 1. The molecule has 3 aromatic heterocycles. The van der Waals surface area contributed by atoms with Crippen LogP contribution in [0, 0.1) is 11.7 Å². The van der Waals surface area contributed by atoms with Crippen LogP contribution in [-0.2, 0) is 7.05 Å². The van der Waals surface area contributed by atoms with Gasteiger partial charge in [0.05, 0.1) is 17.9 Å². The van der Waals surface area contributed by atoms with Crippen molar-refractivity contribution in [3.8, 4) is 11.3 Å². The van der Waals surface area contributed by atoms with Crippen LogP contribution in [0.1, 0.15) is 25.7 Å². The molecule has 0 spiro atoms. The molecule has 1 aromatic carbocycles. The monoisotopic (exact) mass is 364 g/mol. The molecule has 0 aliphatic heterocycles. The van der Waals surface area contributed by atoms with Gasteiger partial charge in [-0.3, -0.25) is 0 Å². The maximum Gasteiger partial charge on any atom is 0.157 e. The molecule has 7 heteroatoms. The van der Waals surface area contributed by atoms with E-state index in [1.165, 1.54) is 12.1 Å². The van der Waals surface area contributed by atoms with Gasteiger partial charge in [-0.1, -0.05) is 13.8 Å². The van der Waals surface area contributed by atoms with Crippen molar-refractivity contribution in [2.45, 2.75) is 19.9 Å². The number of imidazole rings is 1. The summed E-state index contributed by atoms with van der Waals surface area (Å²) in [6.45, 7) is 4.30. The summed E-state index contributed by atoms with van der Waals surface area (Å²) in [5, 5.41) is 7.96. The van der Waals surface area contributed by atoms with Crippen LogP contribution in [0.15, 0.2) is 55.0 Å². The summed E-state index contributed by atoms with van der Waals surface area (Å²) in [5.74, 6) is 1.80. The molecule has 4 rings (SSSR count). The van der Waals surface area contributed by atoms with E-state index in [1.54, 1.807) is 29.0 Å². The van der Waals surface area contributed by atoms with E-state index in [1.807, 2.05) is 29.9 Å². The van der Waals surface area contributed by atoms with Gasteiger partial charge < -0.3 is 9.88 Å². The van der Waals surface area contributed by atoms with Gasteiger partial charge in [0.1, 0.15) is 17.5 Å². The fourth-order valence-electron chi connectivity index (χ4n) is 3.15. The van der Waals surface area contributed by atoms with Crippen LogP contribution in [0.2, 0.25) is 0 Å². The van der Waals surface area contributed by atoms with E-state index in [-0.39, 0.29) is 11.9 Å². The summed E-state index contributed by atoms with van der Waals surface area (Å²) >= 11 is 0. The summed E-state index contributed by atoms with van der Waals surface area (Å²) in [6.07, 6.45) is 5.45. The molecule has 0 aliphatic carbocycles. The third-order valence-electron chi connectivity index (χ3n) is 4.61.